The Bertz CT molecular complexity index is 519. The van der Waals surface area contributed by atoms with Gasteiger partial charge in [-0.15, -0.1) is 0 Å². The van der Waals surface area contributed by atoms with Crippen molar-refractivity contribution in [1.82, 2.24) is 0 Å². The van der Waals surface area contributed by atoms with Crippen LogP contribution in [0.1, 0.15) is 18.9 Å². The molecule has 6 nitrogen and oxygen atoms in total. The summed E-state index contributed by atoms with van der Waals surface area (Å²) in [6.45, 7) is 0.685. The van der Waals surface area contributed by atoms with E-state index in [1.165, 1.54) is 6.92 Å². The van der Waals surface area contributed by atoms with E-state index in [-0.39, 0.29) is 5.75 Å². The molecule has 0 fully saturated rings. The van der Waals surface area contributed by atoms with Crippen molar-refractivity contribution in [2.75, 3.05) is 13.7 Å². The lowest BCUT2D eigenvalue weighted by atomic mass is 10.0. The second kappa shape index (κ2) is 6.27. The number of non-ortho nitro benzene ring substituents is 1. The quantitative estimate of drug-likeness (QED) is 0.457. The van der Waals surface area contributed by atoms with Crippen molar-refractivity contribution in [3.8, 4) is 5.75 Å². The molecule has 0 bridgehead atoms. The molecule has 0 aliphatic rings. The molecule has 0 aliphatic carbocycles. The zero-order chi connectivity index (χ0) is 15.3. The Morgan fingerprint density at radius 2 is 2.10 bits per heavy atom. The first-order valence-corrected chi connectivity index (χ1v) is 5.68. The largest absolute Gasteiger partial charge is 0.481 e. The monoisotopic (exact) mass is 289 g/mol. The molecule has 0 aliphatic heterocycles. The Hall–Kier alpha value is -2.25. The first kappa shape index (κ1) is 15.8. The third-order valence-corrected chi connectivity index (χ3v) is 2.59. The van der Waals surface area contributed by atoms with Crippen LogP contribution < -0.4 is 4.74 Å². The van der Waals surface area contributed by atoms with E-state index >= 15 is 0 Å². The van der Waals surface area contributed by atoms with Gasteiger partial charge in [-0.2, -0.15) is 0 Å². The van der Waals surface area contributed by atoms with Crippen LogP contribution in [0.3, 0.4) is 0 Å². The number of esters is 1. The predicted molar refractivity (Wildman–Crippen MR) is 64.8 cm³/mol. The van der Waals surface area contributed by atoms with E-state index in [2.05, 4.69) is 4.74 Å². The van der Waals surface area contributed by atoms with Gasteiger partial charge in [0.1, 0.15) is 5.75 Å². The molecule has 0 saturated carbocycles. The molecule has 0 atom stereocenters. The number of rotatable bonds is 6. The Labute approximate surface area is 113 Å². The van der Waals surface area contributed by atoms with Gasteiger partial charge in [0.15, 0.2) is 6.61 Å². The number of nitrogens with zero attached hydrogens (tertiary/aromatic N) is 1. The average molecular weight is 289 g/mol. The maximum atomic E-state index is 13.8. The van der Waals surface area contributed by atoms with Gasteiger partial charge in [-0.25, -0.2) is 13.6 Å². The van der Waals surface area contributed by atoms with Crippen molar-refractivity contribution in [2.45, 2.75) is 19.3 Å². The van der Waals surface area contributed by atoms with Crippen LogP contribution in [0.4, 0.5) is 14.5 Å². The molecular weight excluding hydrogens is 276 g/mol. The molecule has 0 saturated heterocycles. The summed E-state index contributed by atoms with van der Waals surface area (Å²) in [6.07, 6.45) is -0.553. The van der Waals surface area contributed by atoms with Gasteiger partial charge in [0.2, 0.25) is 0 Å². The van der Waals surface area contributed by atoms with Gasteiger partial charge in [0, 0.05) is 18.6 Å². The molecule has 0 N–H and O–H groups in total. The Morgan fingerprint density at radius 3 is 2.60 bits per heavy atom. The molecule has 0 amide bonds. The number of nitro groups is 1. The standard InChI is InChI=1S/C12H13F2NO5/c1-3-12(13,14)9-6-8(15(17)18)4-5-10(9)20-7-11(16)19-2/h4-6H,3,7H2,1-2H3. The van der Waals surface area contributed by atoms with Crippen molar-refractivity contribution in [2.24, 2.45) is 0 Å². The van der Waals surface area contributed by atoms with E-state index in [4.69, 9.17) is 4.74 Å². The Kier molecular flexibility index (Phi) is 4.95. The molecule has 20 heavy (non-hydrogen) atoms. The highest BCUT2D eigenvalue weighted by atomic mass is 19.3. The van der Waals surface area contributed by atoms with E-state index in [0.717, 1.165) is 25.3 Å². The summed E-state index contributed by atoms with van der Waals surface area (Å²) < 4.78 is 36.8. The van der Waals surface area contributed by atoms with Crippen LogP contribution in [0.5, 0.6) is 5.75 Å². The number of ether oxygens (including phenoxy) is 2. The molecule has 0 unspecified atom stereocenters. The van der Waals surface area contributed by atoms with Crippen molar-refractivity contribution in [3.05, 3.63) is 33.9 Å². The third kappa shape index (κ3) is 3.62. The zero-order valence-electron chi connectivity index (χ0n) is 10.9. The van der Waals surface area contributed by atoms with Crippen LogP contribution in [-0.4, -0.2) is 24.6 Å². The zero-order valence-corrected chi connectivity index (χ0v) is 10.9. The van der Waals surface area contributed by atoms with Gasteiger partial charge >= 0.3 is 5.97 Å². The number of carbonyl (C=O) groups is 1. The lowest BCUT2D eigenvalue weighted by molar-refractivity contribution is -0.385. The van der Waals surface area contributed by atoms with Gasteiger partial charge in [-0.1, -0.05) is 6.92 Å². The first-order valence-electron chi connectivity index (χ1n) is 5.68. The molecule has 1 aromatic rings. The number of methoxy groups -OCH3 is 1. The van der Waals surface area contributed by atoms with E-state index < -0.39 is 41.1 Å². The van der Waals surface area contributed by atoms with Gasteiger partial charge in [-0.3, -0.25) is 10.1 Å². The van der Waals surface area contributed by atoms with Crippen LogP contribution in [0.15, 0.2) is 18.2 Å². The summed E-state index contributed by atoms with van der Waals surface area (Å²) in [5.41, 5.74) is -1.10. The number of benzene rings is 1. The molecule has 0 spiro atoms. The topological polar surface area (TPSA) is 78.7 Å². The fourth-order valence-electron chi connectivity index (χ4n) is 1.43. The molecule has 0 radical (unpaired) electrons. The fourth-order valence-corrected chi connectivity index (χ4v) is 1.43. The van der Waals surface area contributed by atoms with Crippen molar-refractivity contribution in [1.29, 1.82) is 0 Å². The van der Waals surface area contributed by atoms with E-state index in [1.807, 2.05) is 0 Å². The average Bonchev–Trinajstić information content (AvgIpc) is 2.44. The van der Waals surface area contributed by atoms with E-state index in [0.29, 0.717) is 0 Å². The number of nitro benzene ring substituents is 1. The molecule has 110 valence electrons. The maximum Gasteiger partial charge on any atom is 0.343 e. The third-order valence-electron chi connectivity index (χ3n) is 2.59. The molecule has 0 heterocycles. The normalized spacial score (nSPS) is 11.0. The minimum atomic E-state index is -3.29. The number of hydrogen-bond acceptors (Lipinski definition) is 5. The highest BCUT2D eigenvalue weighted by molar-refractivity contribution is 5.71. The van der Waals surface area contributed by atoms with Gasteiger partial charge in [0.05, 0.1) is 17.6 Å². The summed E-state index contributed by atoms with van der Waals surface area (Å²) in [5, 5.41) is 10.6. The summed E-state index contributed by atoms with van der Waals surface area (Å²) >= 11 is 0. The minimum Gasteiger partial charge on any atom is -0.481 e. The highest BCUT2D eigenvalue weighted by Gasteiger charge is 2.34. The summed E-state index contributed by atoms with van der Waals surface area (Å²) in [5.74, 6) is -4.32. The van der Waals surface area contributed by atoms with Crippen molar-refractivity contribution in [3.63, 3.8) is 0 Å². The summed E-state index contributed by atoms with van der Waals surface area (Å²) in [6, 6.07) is 2.82. The van der Waals surface area contributed by atoms with Crippen LogP contribution in [0.25, 0.3) is 0 Å². The van der Waals surface area contributed by atoms with Gasteiger partial charge in [-0.05, 0) is 6.07 Å². The minimum absolute atomic E-state index is 0.284. The van der Waals surface area contributed by atoms with Crippen LogP contribution in [0, 0.1) is 10.1 Å². The SMILES string of the molecule is CCC(F)(F)c1cc([N+](=O)[O-])ccc1OCC(=O)OC. The molecular formula is C12H13F2NO5. The fraction of sp³-hybridized carbons (Fsp3) is 0.417. The maximum absolute atomic E-state index is 13.8. The van der Waals surface area contributed by atoms with Crippen molar-refractivity contribution < 1.29 is 28.0 Å². The Balaban J connectivity index is 3.16. The number of hydrogen-bond donors (Lipinski definition) is 0. The predicted octanol–water partition coefficient (Wildman–Crippen LogP) is 2.65. The Morgan fingerprint density at radius 1 is 1.45 bits per heavy atom. The van der Waals surface area contributed by atoms with Crippen molar-refractivity contribution >= 4 is 11.7 Å². The van der Waals surface area contributed by atoms with Gasteiger partial charge in [0.25, 0.3) is 11.6 Å². The van der Waals surface area contributed by atoms with Crippen LogP contribution >= 0.6 is 0 Å². The highest BCUT2D eigenvalue weighted by Crippen LogP contribution is 2.39. The number of halogens is 2. The number of alkyl halides is 2. The second-order valence-corrected chi connectivity index (χ2v) is 3.86. The van der Waals surface area contributed by atoms with Crippen LogP contribution in [0.2, 0.25) is 0 Å². The van der Waals surface area contributed by atoms with Gasteiger partial charge < -0.3 is 9.47 Å². The number of carbonyl (C=O) groups excluding carboxylic acids is 1. The summed E-state index contributed by atoms with van der Waals surface area (Å²) in [7, 11) is 1.13. The van der Waals surface area contributed by atoms with E-state index in [1.54, 1.807) is 0 Å². The smallest absolute Gasteiger partial charge is 0.343 e. The lowest BCUT2D eigenvalue weighted by Crippen LogP contribution is -2.17. The molecule has 1 rings (SSSR count). The van der Waals surface area contributed by atoms with Crippen LogP contribution in [-0.2, 0) is 15.5 Å². The van der Waals surface area contributed by atoms with E-state index in [9.17, 15) is 23.7 Å². The molecule has 1 aromatic carbocycles. The first-order chi connectivity index (χ1) is 9.31. The second-order valence-electron chi connectivity index (χ2n) is 3.86. The molecule has 8 heteroatoms. The molecule has 0 aromatic heterocycles. The lowest BCUT2D eigenvalue weighted by Gasteiger charge is -2.18. The summed E-state index contributed by atoms with van der Waals surface area (Å²) in [4.78, 5) is 20.8.